The van der Waals surface area contributed by atoms with E-state index in [9.17, 15) is 0 Å². The van der Waals surface area contributed by atoms with E-state index >= 15 is 0 Å². The molecule has 0 nitrogen and oxygen atoms in total. The Morgan fingerprint density at radius 3 is 2.27 bits per heavy atom. The van der Waals surface area contributed by atoms with Gasteiger partial charge in [-0.3, -0.25) is 0 Å². The van der Waals surface area contributed by atoms with E-state index in [0.717, 1.165) is 5.92 Å². The van der Waals surface area contributed by atoms with Gasteiger partial charge in [-0.25, -0.2) is 0 Å². The molecular formula is C15H28. The van der Waals surface area contributed by atoms with Crippen LogP contribution in [0.2, 0.25) is 0 Å². The summed E-state index contributed by atoms with van der Waals surface area (Å²) in [5.41, 5.74) is 3.07. The van der Waals surface area contributed by atoms with E-state index in [2.05, 4.69) is 46.8 Å². The molecule has 88 valence electrons. The van der Waals surface area contributed by atoms with Gasteiger partial charge in [-0.2, -0.15) is 0 Å². The van der Waals surface area contributed by atoms with Crippen LogP contribution in [-0.4, -0.2) is 0 Å². The molecule has 0 rings (SSSR count). The molecule has 0 aromatic heterocycles. The van der Waals surface area contributed by atoms with Gasteiger partial charge in [0.05, 0.1) is 0 Å². The molecule has 0 saturated carbocycles. The highest BCUT2D eigenvalue weighted by Crippen LogP contribution is 2.13. The van der Waals surface area contributed by atoms with Gasteiger partial charge in [0, 0.05) is 0 Å². The van der Waals surface area contributed by atoms with E-state index in [1.165, 1.54) is 37.7 Å². The third kappa shape index (κ3) is 9.78. The minimum atomic E-state index is 0.850. The molecular weight excluding hydrogens is 180 g/mol. The largest absolute Gasteiger partial charge is 0.0887 e. The van der Waals surface area contributed by atoms with Crippen molar-refractivity contribution in [1.29, 1.82) is 0 Å². The predicted octanol–water partition coefficient (Wildman–Crippen LogP) is 5.51. The minimum Gasteiger partial charge on any atom is -0.0887 e. The van der Waals surface area contributed by atoms with Crippen molar-refractivity contribution >= 4 is 0 Å². The van der Waals surface area contributed by atoms with Gasteiger partial charge in [-0.1, -0.05) is 43.6 Å². The highest BCUT2D eigenvalue weighted by atomic mass is 14.0. The summed E-state index contributed by atoms with van der Waals surface area (Å²) in [4.78, 5) is 0. The second kappa shape index (κ2) is 8.76. The first-order valence-electron chi connectivity index (χ1n) is 6.33. The van der Waals surface area contributed by atoms with Gasteiger partial charge < -0.3 is 0 Å². The first-order valence-corrected chi connectivity index (χ1v) is 6.33. The number of hydrogen-bond donors (Lipinski definition) is 0. The summed E-state index contributed by atoms with van der Waals surface area (Å²) in [6.45, 7) is 11.2. The molecule has 0 saturated heterocycles. The molecule has 0 heterocycles. The van der Waals surface area contributed by atoms with Crippen molar-refractivity contribution < 1.29 is 0 Å². The summed E-state index contributed by atoms with van der Waals surface area (Å²) in [5.74, 6) is 0.850. The quantitative estimate of drug-likeness (QED) is 0.484. The summed E-state index contributed by atoms with van der Waals surface area (Å²) in [5, 5.41) is 0. The third-order valence-electron chi connectivity index (χ3n) is 2.88. The van der Waals surface area contributed by atoms with E-state index < -0.39 is 0 Å². The summed E-state index contributed by atoms with van der Waals surface area (Å²) < 4.78 is 0. The maximum Gasteiger partial charge on any atom is -0.0288 e. The maximum absolute atomic E-state index is 2.41. The molecule has 0 unspecified atom stereocenters. The molecule has 15 heavy (non-hydrogen) atoms. The Bertz CT molecular complexity index is 206. The van der Waals surface area contributed by atoms with Crippen LogP contribution in [0.4, 0.5) is 0 Å². The predicted molar refractivity (Wildman–Crippen MR) is 71.1 cm³/mol. The number of rotatable bonds is 7. The molecule has 0 amide bonds. The van der Waals surface area contributed by atoms with Gasteiger partial charge in [-0.15, -0.1) is 0 Å². The van der Waals surface area contributed by atoms with Crippen molar-refractivity contribution in [3.63, 3.8) is 0 Å². The fourth-order valence-electron chi connectivity index (χ4n) is 1.58. The Morgan fingerprint density at radius 2 is 1.73 bits per heavy atom. The highest BCUT2D eigenvalue weighted by Gasteiger charge is 1.95. The fraction of sp³-hybridized carbons (Fsp3) is 0.733. The Balaban J connectivity index is 3.61. The Kier molecular flexibility index (Phi) is 8.46. The average Bonchev–Trinajstić information content (AvgIpc) is 2.17. The van der Waals surface area contributed by atoms with E-state index in [-0.39, 0.29) is 0 Å². The van der Waals surface area contributed by atoms with Crippen LogP contribution >= 0.6 is 0 Å². The van der Waals surface area contributed by atoms with Crippen molar-refractivity contribution in [1.82, 2.24) is 0 Å². The standard InChI is InChI=1S/C15H28/c1-6-14(4)10-8-12-15(5)11-7-9-13(2)3/h6,12-13H,7-11H2,1-5H3. The summed E-state index contributed by atoms with van der Waals surface area (Å²) in [6, 6.07) is 0. The molecule has 0 spiro atoms. The zero-order valence-electron chi connectivity index (χ0n) is 11.3. The summed E-state index contributed by atoms with van der Waals surface area (Å²) in [7, 11) is 0. The normalized spacial score (nSPS) is 13.7. The topological polar surface area (TPSA) is 0 Å². The summed E-state index contributed by atoms with van der Waals surface area (Å²) in [6.07, 6.45) is 11.0. The smallest absolute Gasteiger partial charge is 0.0288 e. The molecule has 0 radical (unpaired) electrons. The van der Waals surface area contributed by atoms with E-state index in [1.54, 1.807) is 5.57 Å². The van der Waals surface area contributed by atoms with Crippen LogP contribution in [-0.2, 0) is 0 Å². The van der Waals surface area contributed by atoms with Crippen LogP contribution in [0.5, 0.6) is 0 Å². The zero-order chi connectivity index (χ0) is 11.7. The lowest BCUT2D eigenvalue weighted by atomic mass is 10.0. The van der Waals surface area contributed by atoms with Gasteiger partial charge in [0.2, 0.25) is 0 Å². The number of allylic oxidation sites excluding steroid dienone is 4. The van der Waals surface area contributed by atoms with Crippen LogP contribution in [0, 0.1) is 5.92 Å². The van der Waals surface area contributed by atoms with E-state index in [4.69, 9.17) is 0 Å². The van der Waals surface area contributed by atoms with Crippen LogP contribution in [0.15, 0.2) is 23.3 Å². The molecule has 0 N–H and O–H groups in total. The molecule has 0 atom stereocenters. The van der Waals surface area contributed by atoms with Crippen LogP contribution in [0.25, 0.3) is 0 Å². The van der Waals surface area contributed by atoms with Crippen LogP contribution < -0.4 is 0 Å². The van der Waals surface area contributed by atoms with Gasteiger partial charge in [0.1, 0.15) is 0 Å². The highest BCUT2D eigenvalue weighted by molar-refractivity contribution is 5.02. The van der Waals surface area contributed by atoms with E-state index in [1.807, 2.05) is 0 Å². The molecule has 0 aliphatic heterocycles. The van der Waals surface area contributed by atoms with Gasteiger partial charge in [0.25, 0.3) is 0 Å². The van der Waals surface area contributed by atoms with Gasteiger partial charge in [0.15, 0.2) is 0 Å². The Hall–Kier alpha value is -0.520. The molecule has 0 aromatic rings. The van der Waals surface area contributed by atoms with Crippen molar-refractivity contribution in [2.24, 2.45) is 5.92 Å². The van der Waals surface area contributed by atoms with Crippen molar-refractivity contribution in [3.8, 4) is 0 Å². The minimum absolute atomic E-state index is 0.850. The monoisotopic (exact) mass is 208 g/mol. The fourth-order valence-corrected chi connectivity index (χ4v) is 1.58. The second-order valence-corrected chi connectivity index (χ2v) is 5.01. The molecule has 0 aliphatic rings. The Labute approximate surface area is 96.5 Å². The second-order valence-electron chi connectivity index (χ2n) is 5.01. The average molecular weight is 208 g/mol. The SMILES string of the molecule is CC=C(C)CCC=C(C)CCCC(C)C. The maximum atomic E-state index is 2.41. The molecule has 0 aliphatic carbocycles. The Morgan fingerprint density at radius 1 is 1.07 bits per heavy atom. The molecule has 0 fully saturated rings. The lowest BCUT2D eigenvalue weighted by molar-refractivity contribution is 0.554. The lowest BCUT2D eigenvalue weighted by Gasteiger charge is -2.04. The lowest BCUT2D eigenvalue weighted by Crippen LogP contribution is -1.87. The van der Waals surface area contributed by atoms with Crippen LogP contribution in [0.3, 0.4) is 0 Å². The van der Waals surface area contributed by atoms with E-state index in [0.29, 0.717) is 0 Å². The molecule has 0 heteroatoms. The van der Waals surface area contributed by atoms with Crippen molar-refractivity contribution in [2.45, 2.75) is 66.7 Å². The van der Waals surface area contributed by atoms with Crippen molar-refractivity contribution in [2.75, 3.05) is 0 Å². The molecule has 0 aromatic carbocycles. The third-order valence-corrected chi connectivity index (χ3v) is 2.88. The van der Waals surface area contributed by atoms with Crippen molar-refractivity contribution in [3.05, 3.63) is 23.3 Å². The molecule has 0 bridgehead atoms. The summed E-state index contributed by atoms with van der Waals surface area (Å²) >= 11 is 0. The van der Waals surface area contributed by atoms with Crippen LogP contribution in [0.1, 0.15) is 66.7 Å². The first kappa shape index (κ1) is 14.5. The van der Waals surface area contributed by atoms with Gasteiger partial charge >= 0.3 is 0 Å². The zero-order valence-corrected chi connectivity index (χ0v) is 11.3. The van der Waals surface area contributed by atoms with Gasteiger partial charge in [-0.05, 0) is 52.4 Å². The first-order chi connectivity index (χ1) is 7.06. The number of hydrogen-bond acceptors (Lipinski definition) is 0.